The van der Waals surface area contributed by atoms with Crippen molar-refractivity contribution in [2.75, 3.05) is 11.9 Å². The lowest BCUT2D eigenvalue weighted by Crippen LogP contribution is -2.26. The molecule has 0 spiro atoms. The molecule has 0 aliphatic heterocycles. The Kier molecular flexibility index (Phi) is 5.24. The maximum atomic E-state index is 12.4. The maximum Gasteiger partial charge on any atom is 0.271 e. The van der Waals surface area contributed by atoms with E-state index in [4.69, 9.17) is 0 Å². The van der Waals surface area contributed by atoms with Crippen molar-refractivity contribution in [1.82, 2.24) is 20.3 Å². The van der Waals surface area contributed by atoms with Crippen molar-refractivity contribution >= 4 is 28.3 Å². The molecule has 0 saturated heterocycles. The normalized spacial score (nSPS) is 10.8. The molecule has 29 heavy (non-hydrogen) atoms. The van der Waals surface area contributed by atoms with Gasteiger partial charge < -0.3 is 15.6 Å². The van der Waals surface area contributed by atoms with Crippen LogP contribution in [0.15, 0.2) is 61.1 Å². The Balaban J connectivity index is 1.35. The molecule has 0 radical (unpaired) electrons. The fourth-order valence-corrected chi connectivity index (χ4v) is 3.26. The van der Waals surface area contributed by atoms with Gasteiger partial charge in [0.1, 0.15) is 11.5 Å². The molecular weight excluding hydrogens is 362 g/mol. The Morgan fingerprint density at radius 3 is 2.76 bits per heavy atom. The van der Waals surface area contributed by atoms with E-state index in [2.05, 4.69) is 49.9 Å². The highest BCUT2D eigenvalue weighted by atomic mass is 16.1. The number of carbonyl (C=O) groups excluding carboxylic acids is 1. The summed E-state index contributed by atoms with van der Waals surface area (Å²) in [6.07, 6.45) is 5.81. The van der Waals surface area contributed by atoms with Crippen LogP contribution in [0.3, 0.4) is 0 Å². The van der Waals surface area contributed by atoms with Gasteiger partial charge in [-0.2, -0.15) is 0 Å². The van der Waals surface area contributed by atoms with Gasteiger partial charge >= 0.3 is 0 Å². The van der Waals surface area contributed by atoms with Gasteiger partial charge in [-0.3, -0.25) is 4.79 Å². The van der Waals surface area contributed by atoms with Crippen molar-refractivity contribution in [2.45, 2.75) is 20.3 Å². The van der Waals surface area contributed by atoms with Crippen LogP contribution >= 0.6 is 0 Å². The number of rotatable bonds is 6. The number of benzene rings is 2. The predicted octanol–water partition coefficient (Wildman–Crippen LogP) is 4.29. The highest BCUT2D eigenvalue weighted by molar-refractivity contribution is 5.92. The first kappa shape index (κ1) is 18.7. The number of para-hydroxylation sites is 1. The van der Waals surface area contributed by atoms with E-state index in [-0.39, 0.29) is 5.91 Å². The first-order valence-corrected chi connectivity index (χ1v) is 9.59. The number of aromatic amines is 1. The van der Waals surface area contributed by atoms with Crippen molar-refractivity contribution in [3.05, 3.63) is 83.4 Å². The predicted molar refractivity (Wildman–Crippen MR) is 116 cm³/mol. The molecule has 0 saturated carbocycles. The van der Waals surface area contributed by atoms with Gasteiger partial charge in [-0.25, -0.2) is 9.97 Å². The van der Waals surface area contributed by atoms with Crippen molar-refractivity contribution in [2.24, 2.45) is 0 Å². The summed E-state index contributed by atoms with van der Waals surface area (Å²) in [5.41, 5.74) is 5.85. The van der Waals surface area contributed by atoms with Crippen LogP contribution in [0.2, 0.25) is 0 Å². The summed E-state index contributed by atoms with van der Waals surface area (Å²) in [7, 11) is 0. The van der Waals surface area contributed by atoms with Gasteiger partial charge in [-0.05, 0) is 49.1 Å². The van der Waals surface area contributed by atoms with E-state index in [9.17, 15) is 4.79 Å². The largest absolute Gasteiger partial charge is 0.361 e. The zero-order chi connectivity index (χ0) is 20.2. The van der Waals surface area contributed by atoms with Gasteiger partial charge in [-0.1, -0.05) is 30.3 Å². The lowest BCUT2D eigenvalue weighted by atomic mass is 10.1. The van der Waals surface area contributed by atoms with Crippen LogP contribution in [0, 0.1) is 13.8 Å². The molecule has 0 bridgehead atoms. The van der Waals surface area contributed by atoms with Crippen LogP contribution in [0.25, 0.3) is 10.9 Å². The van der Waals surface area contributed by atoms with Gasteiger partial charge in [-0.15, -0.1) is 0 Å². The third-order valence-corrected chi connectivity index (χ3v) is 4.90. The molecular formula is C23H23N5O. The number of amides is 1. The summed E-state index contributed by atoms with van der Waals surface area (Å²) in [4.78, 5) is 24.2. The maximum absolute atomic E-state index is 12.4. The number of hydrogen-bond acceptors (Lipinski definition) is 4. The van der Waals surface area contributed by atoms with Crippen molar-refractivity contribution in [3.63, 3.8) is 0 Å². The number of aryl methyl sites for hydroxylation is 2. The third-order valence-electron chi connectivity index (χ3n) is 4.90. The second-order valence-electron chi connectivity index (χ2n) is 7.10. The number of carbonyl (C=O) groups is 1. The lowest BCUT2D eigenvalue weighted by molar-refractivity contribution is 0.0949. The van der Waals surface area contributed by atoms with E-state index in [0.717, 1.165) is 28.8 Å². The highest BCUT2D eigenvalue weighted by Gasteiger charge is 2.09. The third kappa shape index (κ3) is 4.27. The number of H-pyrrole nitrogens is 1. The molecule has 1 amide bonds. The molecule has 6 heteroatoms. The molecule has 0 unspecified atom stereocenters. The monoisotopic (exact) mass is 385 g/mol. The molecule has 2 aromatic heterocycles. The summed E-state index contributed by atoms with van der Waals surface area (Å²) in [5.74, 6) is 0.379. The SMILES string of the molecule is Cc1ccc(C)c(Nc2cnc(C(=O)NCCc3c[nH]c4ccccc34)cn2)c1. The smallest absolute Gasteiger partial charge is 0.271 e. The average molecular weight is 385 g/mol. The van der Waals surface area contributed by atoms with Gasteiger partial charge in [0.25, 0.3) is 5.91 Å². The summed E-state index contributed by atoms with van der Waals surface area (Å²) in [5, 5.41) is 7.34. The van der Waals surface area contributed by atoms with E-state index >= 15 is 0 Å². The summed E-state index contributed by atoms with van der Waals surface area (Å²) in [6, 6.07) is 14.3. The molecule has 0 aliphatic rings. The van der Waals surface area contributed by atoms with E-state index < -0.39 is 0 Å². The van der Waals surface area contributed by atoms with Gasteiger partial charge in [0.15, 0.2) is 0 Å². The highest BCUT2D eigenvalue weighted by Crippen LogP contribution is 2.20. The summed E-state index contributed by atoms with van der Waals surface area (Å²) >= 11 is 0. The molecule has 4 rings (SSSR count). The fraction of sp³-hybridized carbons (Fsp3) is 0.174. The van der Waals surface area contributed by atoms with Crippen LogP contribution < -0.4 is 10.6 Å². The van der Waals surface area contributed by atoms with Crippen LogP contribution in [0.1, 0.15) is 27.2 Å². The summed E-state index contributed by atoms with van der Waals surface area (Å²) in [6.45, 7) is 4.61. The molecule has 2 aromatic carbocycles. The molecule has 0 atom stereocenters. The first-order valence-electron chi connectivity index (χ1n) is 9.59. The Labute approximate surface area is 169 Å². The quantitative estimate of drug-likeness (QED) is 0.462. The Hall–Kier alpha value is -3.67. The second kappa shape index (κ2) is 8.14. The average Bonchev–Trinajstić information content (AvgIpc) is 3.14. The number of aromatic nitrogens is 3. The minimum absolute atomic E-state index is 0.226. The summed E-state index contributed by atoms with van der Waals surface area (Å²) < 4.78 is 0. The molecule has 3 N–H and O–H groups in total. The van der Waals surface area contributed by atoms with Crippen molar-refractivity contribution in [1.29, 1.82) is 0 Å². The number of hydrogen-bond donors (Lipinski definition) is 3. The van der Waals surface area contributed by atoms with E-state index in [0.29, 0.717) is 18.1 Å². The van der Waals surface area contributed by atoms with E-state index in [1.807, 2.05) is 38.2 Å². The zero-order valence-electron chi connectivity index (χ0n) is 16.5. The van der Waals surface area contributed by atoms with Gasteiger partial charge in [0.05, 0.1) is 12.4 Å². The van der Waals surface area contributed by atoms with Crippen LogP contribution in [-0.2, 0) is 6.42 Å². The van der Waals surface area contributed by atoms with Crippen LogP contribution in [-0.4, -0.2) is 27.4 Å². The molecule has 146 valence electrons. The van der Waals surface area contributed by atoms with Crippen molar-refractivity contribution in [3.8, 4) is 0 Å². The first-order chi connectivity index (χ1) is 14.1. The zero-order valence-corrected chi connectivity index (χ0v) is 16.5. The number of nitrogens with zero attached hydrogens (tertiary/aromatic N) is 2. The minimum atomic E-state index is -0.226. The van der Waals surface area contributed by atoms with Crippen LogP contribution in [0.5, 0.6) is 0 Å². The minimum Gasteiger partial charge on any atom is -0.361 e. The molecule has 2 heterocycles. The standard InChI is InChI=1S/C23H23N5O/c1-15-7-8-16(2)20(11-15)28-22-14-26-21(13-27-22)23(29)24-10-9-17-12-25-19-6-4-3-5-18(17)19/h3-8,11-14,25H,9-10H2,1-2H3,(H,24,29)(H,27,28). The Morgan fingerprint density at radius 1 is 1.07 bits per heavy atom. The second-order valence-corrected chi connectivity index (χ2v) is 7.10. The lowest BCUT2D eigenvalue weighted by Gasteiger charge is -2.10. The molecule has 4 aromatic rings. The number of anilines is 2. The van der Waals surface area contributed by atoms with Gasteiger partial charge in [0, 0.05) is 29.3 Å². The fourth-order valence-electron chi connectivity index (χ4n) is 3.26. The molecule has 6 nitrogen and oxygen atoms in total. The van der Waals surface area contributed by atoms with Crippen LogP contribution in [0.4, 0.5) is 11.5 Å². The Morgan fingerprint density at radius 2 is 1.93 bits per heavy atom. The Bertz CT molecular complexity index is 1150. The number of fused-ring (bicyclic) bond motifs is 1. The molecule has 0 fully saturated rings. The number of nitrogens with one attached hydrogen (secondary N) is 3. The molecule has 0 aliphatic carbocycles. The van der Waals surface area contributed by atoms with E-state index in [1.54, 1.807) is 6.20 Å². The van der Waals surface area contributed by atoms with E-state index in [1.165, 1.54) is 17.1 Å². The van der Waals surface area contributed by atoms with Crippen molar-refractivity contribution < 1.29 is 4.79 Å². The van der Waals surface area contributed by atoms with Gasteiger partial charge in [0.2, 0.25) is 0 Å². The topological polar surface area (TPSA) is 82.7 Å².